The average molecular weight is 189 g/mol. The van der Waals surface area contributed by atoms with Crippen LogP contribution in [0.3, 0.4) is 0 Å². The smallest absolute Gasteiger partial charge is 0.141 e. The number of hydrogen-bond acceptors (Lipinski definition) is 1. The molecule has 0 fully saturated rings. The minimum absolute atomic E-state index is 0.179. The van der Waals surface area contributed by atoms with E-state index in [0.717, 1.165) is 30.4 Å². The third-order valence-corrected chi connectivity index (χ3v) is 2.88. The highest BCUT2D eigenvalue weighted by Crippen LogP contribution is 2.27. The van der Waals surface area contributed by atoms with Crippen LogP contribution in [-0.2, 0) is 12.8 Å². The topological polar surface area (TPSA) is 23.8 Å². The Bertz CT molecular complexity index is 404. The number of nitriles is 1. The number of halogens is 1. The van der Waals surface area contributed by atoms with Crippen LogP contribution in [0.2, 0.25) is 0 Å². The highest BCUT2D eigenvalue weighted by Gasteiger charge is 2.17. The molecule has 2 heteroatoms. The van der Waals surface area contributed by atoms with E-state index in [4.69, 9.17) is 5.26 Å². The lowest BCUT2D eigenvalue weighted by Crippen LogP contribution is -2.12. The third-order valence-electron chi connectivity index (χ3n) is 2.88. The van der Waals surface area contributed by atoms with Crippen molar-refractivity contribution in [2.24, 2.45) is 5.92 Å². The van der Waals surface area contributed by atoms with E-state index in [2.05, 4.69) is 6.92 Å². The Morgan fingerprint density at radius 3 is 2.93 bits per heavy atom. The Morgan fingerprint density at radius 1 is 1.43 bits per heavy atom. The van der Waals surface area contributed by atoms with E-state index in [9.17, 15) is 4.39 Å². The van der Waals surface area contributed by atoms with Crippen LogP contribution in [0, 0.1) is 23.1 Å². The standard InChI is InChI=1S/C12H12FN/c1-8-2-3-9-5-11(7-14)12(13)6-10(9)4-8/h5-6,8H,2-4H2,1H3. The third kappa shape index (κ3) is 1.50. The van der Waals surface area contributed by atoms with Crippen molar-refractivity contribution in [1.29, 1.82) is 5.26 Å². The maximum atomic E-state index is 13.3. The Labute approximate surface area is 83.2 Å². The molecule has 0 saturated heterocycles. The van der Waals surface area contributed by atoms with Crippen LogP contribution >= 0.6 is 0 Å². The molecule has 1 aliphatic rings. The van der Waals surface area contributed by atoms with Crippen molar-refractivity contribution in [2.45, 2.75) is 26.2 Å². The molecule has 1 unspecified atom stereocenters. The van der Waals surface area contributed by atoms with Crippen molar-refractivity contribution in [3.63, 3.8) is 0 Å². The zero-order valence-electron chi connectivity index (χ0n) is 8.18. The van der Waals surface area contributed by atoms with Crippen molar-refractivity contribution in [3.05, 3.63) is 34.6 Å². The van der Waals surface area contributed by atoms with E-state index in [-0.39, 0.29) is 11.4 Å². The fourth-order valence-electron chi connectivity index (χ4n) is 2.05. The number of rotatable bonds is 0. The quantitative estimate of drug-likeness (QED) is 0.615. The van der Waals surface area contributed by atoms with Gasteiger partial charge in [0.25, 0.3) is 0 Å². The molecule has 0 heterocycles. The Morgan fingerprint density at radius 2 is 2.21 bits per heavy atom. The lowest BCUT2D eigenvalue weighted by atomic mass is 9.84. The highest BCUT2D eigenvalue weighted by molar-refractivity contribution is 5.40. The first-order valence-electron chi connectivity index (χ1n) is 4.92. The molecule has 1 aromatic carbocycles. The Balaban J connectivity index is 2.47. The van der Waals surface area contributed by atoms with Gasteiger partial charge in [0.05, 0.1) is 5.56 Å². The second kappa shape index (κ2) is 3.42. The largest absolute Gasteiger partial charge is 0.206 e. The van der Waals surface area contributed by atoms with Gasteiger partial charge >= 0.3 is 0 Å². The Hall–Kier alpha value is -1.36. The van der Waals surface area contributed by atoms with Gasteiger partial charge in [-0.3, -0.25) is 0 Å². The van der Waals surface area contributed by atoms with Crippen LogP contribution < -0.4 is 0 Å². The number of benzene rings is 1. The molecule has 0 aromatic heterocycles. The van der Waals surface area contributed by atoms with E-state index >= 15 is 0 Å². The second-order valence-corrected chi connectivity index (χ2v) is 4.06. The molecule has 0 amide bonds. The summed E-state index contributed by atoms with van der Waals surface area (Å²) in [5.74, 6) is 0.259. The highest BCUT2D eigenvalue weighted by atomic mass is 19.1. The molecule has 0 aliphatic heterocycles. The molecule has 1 aliphatic carbocycles. The fourth-order valence-corrected chi connectivity index (χ4v) is 2.05. The van der Waals surface area contributed by atoms with Gasteiger partial charge in [0.1, 0.15) is 11.9 Å². The van der Waals surface area contributed by atoms with Crippen molar-refractivity contribution in [1.82, 2.24) is 0 Å². The van der Waals surface area contributed by atoms with Crippen molar-refractivity contribution < 1.29 is 4.39 Å². The van der Waals surface area contributed by atoms with Gasteiger partial charge in [-0.05, 0) is 48.4 Å². The summed E-state index contributed by atoms with van der Waals surface area (Å²) in [5.41, 5.74) is 2.42. The molecule has 1 atom stereocenters. The molecular weight excluding hydrogens is 177 g/mol. The molecule has 1 nitrogen and oxygen atoms in total. The van der Waals surface area contributed by atoms with Gasteiger partial charge in [-0.25, -0.2) is 4.39 Å². The van der Waals surface area contributed by atoms with E-state index < -0.39 is 0 Å². The van der Waals surface area contributed by atoms with Gasteiger partial charge in [0.2, 0.25) is 0 Å². The number of aryl methyl sites for hydroxylation is 1. The number of nitrogens with zero attached hydrogens (tertiary/aromatic N) is 1. The molecule has 0 N–H and O–H groups in total. The van der Waals surface area contributed by atoms with Crippen LogP contribution in [-0.4, -0.2) is 0 Å². The van der Waals surface area contributed by atoms with Crippen molar-refractivity contribution in [2.75, 3.05) is 0 Å². The van der Waals surface area contributed by atoms with Gasteiger partial charge in [0.15, 0.2) is 0 Å². The Kier molecular flexibility index (Phi) is 2.25. The lowest BCUT2D eigenvalue weighted by molar-refractivity contribution is 0.497. The molecule has 72 valence electrons. The van der Waals surface area contributed by atoms with Gasteiger partial charge in [0, 0.05) is 0 Å². The predicted octanol–water partition coefficient (Wildman–Crippen LogP) is 2.82. The first-order chi connectivity index (χ1) is 6.70. The summed E-state index contributed by atoms with van der Waals surface area (Å²) in [6, 6.07) is 5.12. The molecular formula is C12H12FN. The summed E-state index contributed by atoms with van der Waals surface area (Å²) in [5, 5.41) is 8.68. The summed E-state index contributed by atoms with van der Waals surface area (Å²) in [7, 11) is 0. The van der Waals surface area contributed by atoms with Crippen molar-refractivity contribution in [3.8, 4) is 6.07 Å². The van der Waals surface area contributed by atoms with E-state index in [1.165, 1.54) is 6.07 Å². The molecule has 0 bridgehead atoms. The van der Waals surface area contributed by atoms with Crippen LogP contribution in [0.5, 0.6) is 0 Å². The van der Waals surface area contributed by atoms with Crippen LogP contribution in [0.15, 0.2) is 12.1 Å². The van der Waals surface area contributed by atoms with Crippen LogP contribution in [0.1, 0.15) is 30.0 Å². The summed E-state index contributed by atoms with van der Waals surface area (Å²) >= 11 is 0. The average Bonchev–Trinajstić information content (AvgIpc) is 2.16. The van der Waals surface area contributed by atoms with Gasteiger partial charge in [-0.2, -0.15) is 5.26 Å². The lowest BCUT2D eigenvalue weighted by Gasteiger charge is -2.21. The molecule has 0 spiro atoms. The van der Waals surface area contributed by atoms with E-state index in [0.29, 0.717) is 5.92 Å². The molecule has 1 aromatic rings. The monoisotopic (exact) mass is 189 g/mol. The number of fused-ring (bicyclic) bond motifs is 1. The normalized spacial score (nSPS) is 19.9. The fraction of sp³-hybridized carbons (Fsp3) is 0.417. The minimum atomic E-state index is -0.375. The van der Waals surface area contributed by atoms with Crippen molar-refractivity contribution >= 4 is 0 Å². The second-order valence-electron chi connectivity index (χ2n) is 4.06. The van der Waals surface area contributed by atoms with Gasteiger partial charge in [-0.1, -0.05) is 6.92 Å². The molecule has 0 saturated carbocycles. The first kappa shape index (κ1) is 9.21. The molecule has 0 radical (unpaired) electrons. The zero-order chi connectivity index (χ0) is 10.1. The summed E-state index contributed by atoms with van der Waals surface area (Å²) in [6.45, 7) is 2.18. The SMILES string of the molecule is CC1CCc2cc(C#N)c(F)cc2C1. The molecule has 14 heavy (non-hydrogen) atoms. The maximum Gasteiger partial charge on any atom is 0.141 e. The zero-order valence-corrected chi connectivity index (χ0v) is 8.18. The summed E-state index contributed by atoms with van der Waals surface area (Å²) in [6.07, 6.45) is 3.06. The predicted molar refractivity (Wildman–Crippen MR) is 52.3 cm³/mol. The maximum absolute atomic E-state index is 13.3. The minimum Gasteiger partial charge on any atom is -0.206 e. The van der Waals surface area contributed by atoms with Crippen LogP contribution in [0.25, 0.3) is 0 Å². The van der Waals surface area contributed by atoms with Gasteiger partial charge < -0.3 is 0 Å². The number of hydrogen-bond donors (Lipinski definition) is 0. The molecule has 2 rings (SSSR count). The summed E-state index contributed by atoms with van der Waals surface area (Å²) in [4.78, 5) is 0. The first-order valence-corrected chi connectivity index (χ1v) is 4.92. The van der Waals surface area contributed by atoms with Crippen LogP contribution in [0.4, 0.5) is 4.39 Å². The van der Waals surface area contributed by atoms with E-state index in [1.54, 1.807) is 6.07 Å². The van der Waals surface area contributed by atoms with E-state index in [1.807, 2.05) is 6.07 Å². The summed E-state index contributed by atoms with van der Waals surface area (Å²) < 4.78 is 13.3. The van der Waals surface area contributed by atoms with Gasteiger partial charge in [-0.15, -0.1) is 0 Å².